The number of aromatic nitrogens is 2. The largest absolute Gasteiger partial charge is 0.416 e. The smallest absolute Gasteiger partial charge is 0.338 e. The molecule has 3 aromatic carbocycles. The minimum atomic E-state index is -4.46. The van der Waals surface area contributed by atoms with E-state index < -0.39 is 17.6 Å². The van der Waals surface area contributed by atoms with Crippen molar-refractivity contribution in [3.05, 3.63) is 83.4 Å². The number of halogens is 3. The van der Waals surface area contributed by atoms with Crippen LogP contribution in [0.3, 0.4) is 0 Å². The van der Waals surface area contributed by atoms with Crippen molar-refractivity contribution in [3.63, 3.8) is 0 Å². The molecule has 0 atom stereocenters. The fraction of sp³-hybridized carbons (Fsp3) is 0.0909. The Balaban J connectivity index is 1.53. The van der Waals surface area contributed by atoms with Gasteiger partial charge in [0.1, 0.15) is 5.82 Å². The Bertz CT molecular complexity index is 1190. The number of carbonyl (C=O) groups excluding carboxylic acids is 1. The minimum Gasteiger partial charge on any atom is -0.338 e. The monoisotopic (exact) mass is 395 g/mol. The predicted octanol–water partition coefficient (Wildman–Crippen LogP) is 5.81. The van der Waals surface area contributed by atoms with Gasteiger partial charge in [-0.15, -0.1) is 0 Å². The second-order valence-electron chi connectivity index (χ2n) is 6.72. The molecule has 4 nitrogen and oxygen atoms in total. The summed E-state index contributed by atoms with van der Waals surface area (Å²) >= 11 is 0. The number of hydrogen-bond donors (Lipinski definition) is 2. The Kier molecular flexibility index (Phi) is 4.58. The standard InChI is InChI=1S/C22H16F3N3O/c1-13-5-10-18-19(11-13)28-20(27-18)14-6-8-15(9-7-14)21(29)26-17-4-2-3-16(12-17)22(23,24)25/h2-12H,1H3,(H,26,29)(H,27,28). The van der Waals surface area contributed by atoms with Crippen LogP contribution in [0.5, 0.6) is 0 Å². The van der Waals surface area contributed by atoms with E-state index in [1.165, 1.54) is 12.1 Å². The van der Waals surface area contributed by atoms with Crippen LogP contribution < -0.4 is 5.32 Å². The zero-order valence-corrected chi connectivity index (χ0v) is 15.3. The molecule has 4 rings (SSSR count). The van der Waals surface area contributed by atoms with E-state index in [-0.39, 0.29) is 5.69 Å². The quantitative estimate of drug-likeness (QED) is 0.460. The number of anilines is 1. The lowest BCUT2D eigenvalue weighted by molar-refractivity contribution is -0.137. The molecule has 1 aromatic heterocycles. The van der Waals surface area contributed by atoms with Crippen molar-refractivity contribution < 1.29 is 18.0 Å². The normalized spacial score (nSPS) is 11.6. The van der Waals surface area contributed by atoms with Crippen LogP contribution in [0.4, 0.5) is 18.9 Å². The molecule has 0 aliphatic carbocycles. The van der Waals surface area contributed by atoms with E-state index in [0.29, 0.717) is 11.4 Å². The van der Waals surface area contributed by atoms with Crippen molar-refractivity contribution >= 4 is 22.6 Å². The maximum absolute atomic E-state index is 12.8. The number of H-pyrrole nitrogens is 1. The fourth-order valence-corrected chi connectivity index (χ4v) is 3.02. The summed E-state index contributed by atoms with van der Waals surface area (Å²) in [6, 6.07) is 17.1. The van der Waals surface area contributed by atoms with E-state index in [2.05, 4.69) is 15.3 Å². The topological polar surface area (TPSA) is 57.8 Å². The molecule has 0 aliphatic rings. The van der Waals surface area contributed by atoms with Crippen molar-refractivity contribution in [1.29, 1.82) is 0 Å². The predicted molar refractivity (Wildman–Crippen MR) is 106 cm³/mol. The van der Waals surface area contributed by atoms with Gasteiger partial charge in [0.15, 0.2) is 0 Å². The second-order valence-corrected chi connectivity index (χ2v) is 6.72. The van der Waals surface area contributed by atoms with Crippen LogP contribution in [-0.2, 0) is 6.18 Å². The van der Waals surface area contributed by atoms with Gasteiger partial charge in [-0.05, 0) is 55.0 Å². The number of nitrogens with zero attached hydrogens (tertiary/aromatic N) is 1. The lowest BCUT2D eigenvalue weighted by atomic mass is 10.1. The summed E-state index contributed by atoms with van der Waals surface area (Å²) in [5.74, 6) is 0.187. The molecule has 29 heavy (non-hydrogen) atoms. The van der Waals surface area contributed by atoms with E-state index in [9.17, 15) is 18.0 Å². The summed E-state index contributed by atoms with van der Waals surface area (Å²) in [4.78, 5) is 20.2. The molecule has 0 fully saturated rings. The molecule has 1 heterocycles. The van der Waals surface area contributed by atoms with Crippen molar-refractivity contribution in [2.45, 2.75) is 13.1 Å². The molecule has 1 amide bonds. The summed E-state index contributed by atoms with van der Waals surface area (Å²) in [7, 11) is 0. The first-order valence-electron chi connectivity index (χ1n) is 8.85. The second kappa shape index (κ2) is 7.09. The number of hydrogen-bond acceptors (Lipinski definition) is 2. The number of nitrogens with one attached hydrogen (secondary N) is 2. The number of alkyl halides is 3. The highest BCUT2D eigenvalue weighted by Gasteiger charge is 2.30. The van der Waals surface area contributed by atoms with E-state index in [0.717, 1.165) is 34.3 Å². The molecular weight excluding hydrogens is 379 g/mol. The fourth-order valence-electron chi connectivity index (χ4n) is 3.02. The van der Waals surface area contributed by atoms with Gasteiger partial charge in [0.05, 0.1) is 16.6 Å². The number of imidazole rings is 1. The Morgan fingerprint density at radius 3 is 2.48 bits per heavy atom. The Morgan fingerprint density at radius 2 is 1.76 bits per heavy atom. The molecule has 0 spiro atoms. The number of aryl methyl sites for hydroxylation is 1. The molecule has 146 valence electrons. The summed E-state index contributed by atoms with van der Waals surface area (Å²) in [6.45, 7) is 2.00. The van der Waals surface area contributed by atoms with Crippen molar-refractivity contribution in [2.75, 3.05) is 5.32 Å². The molecule has 0 saturated heterocycles. The van der Waals surface area contributed by atoms with E-state index in [4.69, 9.17) is 0 Å². The van der Waals surface area contributed by atoms with E-state index >= 15 is 0 Å². The van der Waals surface area contributed by atoms with Gasteiger partial charge in [-0.25, -0.2) is 4.98 Å². The van der Waals surface area contributed by atoms with Crippen LogP contribution in [0, 0.1) is 6.92 Å². The first kappa shape index (κ1) is 18.7. The summed E-state index contributed by atoms with van der Waals surface area (Å²) < 4.78 is 38.4. The van der Waals surface area contributed by atoms with Gasteiger partial charge in [0, 0.05) is 16.8 Å². The molecule has 4 aromatic rings. The first-order chi connectivity index (χ1) is 13.8. The van der Waals surface area contributed by atoms with Crippen molar-refractivity contribution in [1.82, 2.24) is 9.97 Å². The van der Waals surface area contributed by atoms with Crippen LogP contribution in [0.2, 0.25) is 0 Å². The molecule has 2 N–H and O–H groups in total. The van der Waals surface area contributed by atoms with E-state index in [1.807, 2.05) is 25.1 Å². The van der Waals surface area contributed by atoms with Crippen LogP contribution in [-0.4, -0.2) is 15.9 Å². The third kappa shape index (κ3) is 3.99. The van der Waals surface area contributed by atoms with Crippen molar-refractivity contribution in [3.8, 4) is 11.4 Å². The van der Waals surface area contributed by atoms with Crippen LogP contribution >= 0.6 is 0 Å². The molecule has 0 radical (unpaired) electrons. The van der Waals surface area contributed by atoms with Gasteiger partial charge in [-0.3, -0.25) is 4.79 Å². The van der Waals surface area contributed by atoms with Crippen molar-refractivity contribution in [2.24, 2.45) is 0 Å². The third-order valence-corrected chi connectivity index (χ3v) is 4.51. The zero-order valence-electron chi connectivity index (χ0n) is 15.3. The van der Waals surface area contributed by atoms with Crippen LogP contribution in [0.25, 0.3) is 22.4 Å². The Hall–Kier alpha value is -3.61. The van der Waals surface area contributed by atoms with E-state index in [1.54, 1.807) is 24.3 Å². The zero-order chi connectivity index (χ0) is 20.6. The third-order valence-electron chi connectivity index (χ3n) is 4.51. The molecule has 0 bridgehead atoms. The molecule has 0 unspecified atom stereocenters. The Morgan fingerprint density at radius 1 is 1.00 bits per heavy atom. The first-order valence-corrected chi connectivity index (χ1v) is 8.85. The highest BCUT2D eigenvalue weighted by Crippen LogP contribution is 2.30. The number of benzene rings is 3. The van der Waals surface area contributed by atoms with Gasteiger partial charge in [-0.1, -0.05) is 24.3 Å². The number of aromatic amines is 1. The molecule has 0 aliphatic heterocycles. The Labute approximate surface area is 164 Å². The molecule has 7 heteroatoms. The number of rotatable bonds is 3. The lowest BCUT2D eigenvalue weighted by Gasteiger charge is -2.10. The highest BCUT2D eigenvalue weighted by atomic mass is 19.4. The van der Waals surface area contributed by atoms with Gasteiger partial charge in [-0.2, -0.15) is 13.2 Å². The molecule has 0 saturated carbocycles. The SMILES string of the molecule is Cc1ccc2nc(-c3ccc(C(=O)Nc4cccc(C(F)(F)F)c4)cc3)[nH]c2c1. The number of carbonyl (C=O) groups is 1. The van der Waals surface area contributed by atoms with Gasteiger partial charge < -0.3 is 10.3 Å². The number of fused-ring (bicyclic) bond motifs is 1. The average molecular weight is 395 g/mol. The molecular formula is C22H16F3N3O. The maximum atomic E-state index is 12.8. The summed E-state index contributed by atoms with van der Waals surface area (Å²) in [6.07, 6.45) is -4.46. The minimum absolute atomic E-state index is 0.0848. The number of amides is 1. The highest BCUT2D eigenvalue weighted by molar-refractivity contribution is 6.04. The van der Waals surface area contributed by atoms with Crippen LogP contribution in [0.15, 0.2) is 66.7 Å². The summed E-state index contributed by atoms with van der Waals surface area (Å²) in [5, 5.41) is 2.50. The summed E-state index contributed by atoms with van der Waals surface area (Å²) in [5.41, 5.74) is 3.29. The van der Waals surface area contributed by atoms with Gasteiger partial charge in [0.2, 0.25) is 0 Å². The lowest BCUT2D eigenvalue weighted by Crippen LogP contribution is -2.13. The van der Waals surface area contributed by atoms with Gasteiger partial charge in [0.25, 0.3) is 5.91 Å². The maximum Gasteiger partial charge on any atom is 0.416 e. The average Bonchev–Trinajstić information content (AvgIpc) is 3.11. The van der Waals surface area contributed by atoms with Crippen LogP contribution in [0.1, 0.15) is 21.5 Å². The van der Waals surface area contributed by atoms with Gasteiger partial charge >= 0.3 is 6.18 Å².